The molecule has 90 valence electrons. The van der Waals surface area contributed by atoms with Crippen molar-refractivity contribution in [1.29, 1.82) is 5.26 Å². The Hall–Kier alpha value is -1.58. The Bertz CT molecular complexity index is 539. The normalized spacial score (nSPS) is 10.6. The maximum atomic E-state index is 9.45. The second kappa shape index (κ2) is 5.17. The minimum absolute atomic E-state index is 0.0454. The van der Waals surface area contributed by atoms with Gasteiger partial charge >= 0.3 is 0 Å². The predicted octanol–water partition coefficient (Wildman–Crippen LogP) is 1.63. The molecule has 0 fully saturated rings. The highest BCUT2D eigenvalue weighted by Gasteiger charge is 2.16. The van der Waals surface area contributed by atoms with Crippen LogP contribution in [0.4, 0.5) is 5.82 Å². The molecule has 0 unspecified atom stereocenters. The number of imidazole rings is 1. The number of nitriles is 1. The monoisotopic (exact) mass is 250 g/mol. The number of thiazole rings is 1. The molecule has 0 bridgehead atoms. The summed E-state index contributed by atoms with van der Waals surface area (Å²) < 4.78 is 1.90. The van der Waals surface area contributed by atoms with Crippen LogP contribution in [0.25, 0.3) is 4.96 Å². The highest BCUT2D eigenvalue weighted by molar-refractivity contribution is 7.15. The number of nitrogens with zero attached hydrogens (tertiary/aromatic N) is 4. The summed E-state index contributed by atoms with van der Waals surface area (Å²) in [5, 5.41) is 20.0. The van der Waals surface area contributed by atoms with Crippen LogP contribution in [0.15, 0.2) is 11.6 Å². The lowest BCUT2D eigenvalue weighted by Crippen LogP contribution is -2.25. The van der Waals surface area contributed by atoms with E-state index in [0.29, 0.717) is 13.0 Å². The zero-order valence-corrected chi connectivity index (χ0v) is 10.4. The summed E-state index contributed by atoms with van der Waals surface area (Å²) in [5.41, 5.74) is 0.793. The summed E-state index contributed by atoms with van der Waals surface area (Å²) in [6, 6.07) is 2.13. The summed E-state index contributed by atoms with van der Waals surface area (Å²) in [5.74, 6) is 0.789. The number of fused-ring (bicyclic) bond motifs is 1. The van der Waals surface area contributed by atoms with E-state index in [0.717, 1.165) is 23.0 Å². The van der Waals surface area contributed by atoms with Gasteiger partial charge in [0.15, 0.2) is 10.8 Å². The van der Waals surface area contributed by atoms with E-state index in [-0.39, 0.29) is 6.61 Å². The van der Waals surface area contributed by atoms with E-state index in [1.54, 1.807) is 0 Å². The summed E-state index contributed by atoms with van der Waals surface area (Å²) in [6.07, 6.45) is 2.37. The van der Waals surface area contributed by atoms with Crippen molar-refractivity contribution in [3.63, 3.8) is 0 Å². The first-order chi connectivity index (χ1) is 8.31. The molecule has 2 aromatic heterocycles. The van der Waals surface area contributed by atoms with Gasteiger partial charge in [-0.2, -0.15) is 5.26 Å². The molecule has 0 aliphatic carbocycles. The van der Waals surface area contributed by atoms with Gasteiger partial charge in [-0.05, 0) is 6.92 Å². The quantitative estimate of drug-likeness (QED) is 0.876. The Labute approximate surface area is 104 Å². The smallest absolute Gasteiger partial charge is 0.195 e. The van der Waals surface area contributed by atoms with Crippen molar-refractivity contribution in [1.82, 2.24) is 9.38 Å². The molecule has 17 heavy (non-hydrogen) atoms. The lowest BCUT2D eigenvalue weighted by atomic mass is 10.3. The van der Waals surface area contributed by atoms with Crippen LogP contribution in [-0.2, 0) is 6.61 Å². The van der Waals surface area contributed by atoms with Gasteiger partial charge in [0, 0.05) is 24.7 Å². The number of rotatable bonds is 5. The first kappa shape index (κ1) is 11.9. The Morgan fingerprint density at radius 1 is 1.65 bits per heavy atom. The molecule has 0 spiro atoms. The van der Waals surface area contributed by atoms with Gasteiger partial charge < -0.3 is 10.0 Å². The Kier molecular flexibility index (Phi) is 3.61. The Morgan fingerprint density at radius 3 is 3.12 bits per heavy atom. The maximum Gasteiger partial charge on any atom is 0.195 e. The molecule has 2 aromatic rings. The van der Waals surface area contributed by atoms with Crippen LogP contribution in [0.1, 0.15) is 19.0 Å². The van der Waals surface area contributed by atoms with Crippen LogP contribution in [-0.4, -0.2) is 27.6 Å². The zero-order valence-electron chi connectivity index (χ0n) is 9.63. The standard InChI is InChI=1S/C11H14N4OS/c1-2-14(5-3-4-12)10-9(8-16)15-6-7-17-11(15)13-10/h6-7,16H,2-3,5,8H2,1H3. The van der Waals surface area contributed by atoms with E-state index in [1.165, 1.54) is 11.3 Å². The van der Waals surface area contributed by atoms with Crippen molar-refractivity contribution in [3.8, 4) is 6.07 Å². The summed E-state index contributed by atoms with van der Waals surface area (Å²) in [6.45, 7) is 3.40. The lowest BCUT2D eigenvalue weighted by Gasteiger charge is -2.20. The maximum absolute atomic E-state index is 9.45. The number of hydrogen-bond donors (Lipinski definition) is 1. The van der Waals surface area contributed by atoms with Gasteiger partial charge in [0.25, 0.3) is 0 Å². The molecule has 0 aliphatic heterocycles. The molecule has 2 heterocycles. The van der Waals surface area contributed by atoms with E-state index >= 15 is 0 Å². The van der Waals surface area contributed by atoms with Gasteiger partial charge in [0.1, 0.15) is 0 Å². The van der Waals surface area contributed by atoms with Crippen molar-refractivity contribution in [2.24, 2.45) is 0 Å². The fraction of sp³-hybridized carbons (Fsp3) is 0.455. The van der Waals surface area contributed by atoms with Crippen LogP contribution >= 0.6 is 11.3 Å². The van der Waals surface area contributed by atoms with Crippen LogP contribution in [0.2, 0.25) is 0 Å². The van der Waals surface area contributed by atoms with Crippen molar-refractivity contribution >= 4 is 22.1 Å². The molecule has 0 atom stereocenters. The SMILES string of the molecule is CCN(CCC#N)c1nc2sccn2c1CO. The molecule has 0 radical (unpaired) electrons. The average molecular weight is 250 g/mol. The van der Waals surface area contributed by atoms with Gasteiger partial charge in [-0.15, -0.1) is 11.3 Å². The number of anilines is 1. The molecule has 2 rings (SSSR count). The van der Waals surface area contributed by atoms with E-state index < -0.39 is 0 Å². The second-order valence-corrected chi connectivity index (χ2v) is 4.46. The Balaban J connectivity index is 2.38. The summed E-state index contributed by atoms with van der Waals surface area (Å²) >= 11 is 1.54. The van der Waals surface area contributed by atoms with Crippen LogP contribution in [0.5, 0.6) is 0 Å². The summed E-state index contributed by atoms with van der Waals surface area (Å²) in [7, 11) is 0. The van der Waals surface area contributed by atoms with Crippen molar-refractivity contribution in [3.05, 3.63) is 17.3 Å². The van der Waals surface area contributed by atoms with E-state index in [2.05, 4.69) is 11.1 Å². The third-order valence-corrected chi connectivity index (χ3v) is 3.42. The van der Waals surface area contributed by atoms with Gasteiger partial charge in [0.2, 0.25) is 0 Å². The second-order valence-electron chi connectivity index (χ2n) is 3.58. The molecular formula is C11H14N4OS. The largest absolute Gasteiger partial charge is 0.390 e. The highest BCUT2D eigenvalue weighted by atomic mass is 32.1. The predicted molar refractivity (Wildman–Crippen MR) is 67.1 cm³/mol. The van der Waals surface area contributed by atoms with Crippen LogP contribution in [0, 0.1) is 11.3 Å². The molecule has 0 amide bonds. The number of aliphatic hydroxyl groups is 1. The van der Waals surface area contributed by atoms with E-state index in [4.69, 9.17) is 5.26 Å². The minimum atomic E-state index is -0.0454. The van der Waals surface area contributed by atoms with Gasteiger partial charge in [0.05, 0.1) is 24.8 Å². The molecular weight excluding hydrogens is 236 g/mol. The van der Waals surface area contributed by atoms with E-state index in [1.807, 2.05) is 27.8 Å². The Morgan fingerprint density at radius 2 is 2.47 bits per heavy atom. The highest BCUT2D eigenvalue weighted by Crippen LogP contribution is 2.24. The van der Waals surface area contributed by atoms with Crippen molar-refractivity contribution < 1.29 is 5.11 Å². The topological polar surface area (TPSA) is 64.6 Å². The number of aromatic nitrogens is 2. The third-order valence-electron chi connectivity index (χ3n) is 2.66. The van der Waals surface area contributed by atoms with Crippen LogP contribution < -0.4 is 4.90 Å². The molecule has 0 aliphatic rings. The fourth-order valence-corrected chi connectivity index (χ4v) is 2.55. The van der Waals surface area contributed by atoms with Crippen molar-refractivity contribution in [2.75, 3.05) is 18.0 Å². The lowest BCUT2D eigenvalue weighted by molar-refractivity contribution is 0.276. The van der Waals surface area contributed by atoms with Crippen LogP contribution in [0.3, 0.4) is 0 Å². The van der Waals surface area contributed by atoms with Gasteiger partial charge in [-0.3, -0.25) is 4.40 Å². The first-order valence-corrected chi connectivity index (χ1v) is 6.37. The molecule has 1 N–H and O–H groups in total. The van der Waals surface area contributed by atoms with Crippen molar-refractivity contribution in [2.45, 2.75) is 20.0 Å². The zero-order chi connectivity index (χ0) is 12.3. The fourth-order valence-electron chi connectivity index (χ4n) is 1.82. The first-order valence-electron chi connectivity index (χ1n) is 5.49. The number of aliphatic hydroxyl groups excluding tert-OH is 1. The molecule has 0 saturated carbocycles. The van der Waals surface area contributed by atoms with E-state index in [9.17, 15) is 5.11 Å². The average Bonchev–Trinajstić information content (AvgIpc) is 2.90. The number of hydrogen-bond acceptors (Lipinski definition) is 5. The summed E-state index contributed by atoms with van der Waals surface area (Å²) in [4.78, 5) is 7.40. The molecule has 0 saturated heterocycles. The molecule has 5 nitrogen and oxygen atoms in total. The van der Waals surface area contributed by atoms with Gasteiger partial charge in [-0.1, -0.05) is 0 Å². The van der Waals surface area contributed by atoms with Gasteiger partial charge in [-0.25, -0.2) is 4.98 Å². The minimum Gasteiger partial charge on any atom is -0.390 e. The molecule has 6 heteroatoms. The third kappa shape index (κ3) is 2.12. The molecule has 0 aromatic carbocycles.